The fourth-order valence-electron chi connectivity index (χ4n) is 2.03. The van der Waals surface area contributed by atoms with Crippen molar-refractivity contribution in [2.75, 3.05) is 7.11 Å². The van der Waals surface area contributed by atoms with E-state index in [0.29, 0.717) is 6.10 Å². The minimum Gasteiger partial charge on any atom is -0.469 e. The Bertz CT molecular complexity index is 214. The van der Waals surface area contributed by atoms with Crippen molar-refractivity contribution < 1.29 is 14.3 Å². The Kier molecular flexibility index (Phi) is 1.65. The lowest BCUT2D eigenvalue weighted by molar-refractivity contribution is -0.146. The van der Waals surface area contributed by atoms with Gasteiger partial charge in [0, 0.05) is 0 Å². The summed E-state index contributed by atoms with van der Waals surface area (Å²) in [5.41, 5.74) is 0.102. The number of methoxy groups -OCH3 is 1. The van der Waals surface area contributed by atoms with Gasteiger partial charge in [0.05, 0.1) is 24.7 Å². The predicted octanol–water partition coefficient (Wildman–Crippen LogP) is 1.12. The lowest BCUT2D eigenvalue weighted by Crippen LogP contribution is -2.27. The summed E-state index contributed by atoms with van der Waals surface area (Å²) in [7, 11) is 1.45. The Labute approximate surface area is 72.0 Å². The quantitative estimate of drug-likeness (QED) is 0.437. The molecule has 0 aromatic heterocycles. The van der Waals surface area contributed by atoms with E-state index in [0.717, 1.165) is 19.3 Å². The first-order valence-electron chi connectivity index (χ1n) is 4.41. The molecule has 2 fully saturated rings. The Balaban J connectivity index is 1.93. The number of epoxide rings is 1. The molecule has 3 atom stereocenters. The molecule has 3 heteroatoms. The summed E-state index contributed by atoms with van der Waals surface area (Å²) in [6.45, 7) is 2.12. The van der Waals surface area contributed by atoms with E-state index in [4.69, 9.17) is 9.47 Å². The highest BCUT2D eigenvalue weighted by Crippen LogP contribution is 2.49. The van der Waals surface area contributed by atoms with Crippen LogP contribution in [0.1, 0.15) is 26.2 Å². The van der Waals surface area contributed by atoms with E-state index < -0.39 is 0 Å². The van der Waals surface area contributed by atoms with Crippen LogP contribution >= 0.6 is 0 Å². The van der Waals surface area contributed by atoms with Crippen molar-refractivity contribution in [1.82, 2.24) is 0 Å². The van der Waals surface area contributed by atoms with Crippen molar-refractivity contribution in [3.63, 3.8) is 0 Å². The number of rotatable bonds is 1. The second-order valence-electron chi connectivity index (χ2n) is 3.91. The average molecular weight is 170 g/mol. The van der Waals surface area contributed by atoms with E-state index >= 15 is 0 Å². The second-order valence-corrected chi connectivity index (χ2v) is 3.91. The van der Waals surface area contributed by atoms with Crippen molar-refractivity contribution in [2.45, 2.75) is 37.9 Å². The van der Waals surface area contributed by atoms with Gasteiger partial charge in [-0.25, -0.2) is 0 Å². The lowest BCUT2D eigenvalue weighted by atomic mass is 9.83. The lowest BCUT2D eigenvalue weighted by Gasteiger charge is -2.19. The van der Waals surface area contributed by atoms with E-state index in [-0.39, 0.29) is 17.5 Å². The molecule has 1 heterocycles. The molecule has 1 aliphatic carbocycles. The molecule has 12 heavy (non-hydrogen) atoms. The molecule has 68 valence electrons. The molecule has 0 radical (unpaired) electrons. The van der Waals surface area contributed by atoms with Gasteiger partial charge >= 0.3 is 5.97 Å². The number of ether oxygens (including phenoxy) is 2. The largest absolute Gasteiger partial charge is 0.469 e. The summed E-state index contributed by atoms with van der Waals surface area (Å²) in [5, 5.41) is 0. The number of esters is 1. The average Bonchev–Trinajstić information content (AvgIpc) is 2.73. The second kappa shape index (κ2) is 2.46. The van der Waals surface area contributed by atoms with Gasteiger partial charge in [0.2, 0.25) is 0 Å². The standard InChI is InChI=1S/C9H14O3/c1-9-4-3-6(8(10)11-2)5-7(9)12-9/h6-7H,3-5H2,1-2H3/t6?,7-,9?/m1/s1. The first-order chi connectivity index (χ1) is 5.65. The maximum absolute atomic E-state index is 11.2. The molecule has 1 aliphatic heterocycles. The van der Waals surface area contributed by atoms with Crippen molar-refractivity contribution in [3.8, 4) is 0 Å². The maximum atomic E-state index is 11.2. The van der Waals surface area contributed by atoms with Gasteiger partial charge in [-0.3, -0.25) is 4.79 Å². The van der Waals surface area contributed by atoms with Crippen LogP contribution in [-0.2, 0) is 14.3 Å². The zero-order valence-corrected chi connectivity index (χ0v) is 7.50. The monoisotopic (exact) mass is 170 g/mol. The van der Waals surface area contributed by atoms with Gasteiger partial charge in [-0.15, -0.1) is 0 Å². The van der Waals surface area contributed by atoms with Crippen LogP contribution in [0.5, 0.6) is 0 Å². The van der Waals surface area contributed by atoms with Gasteiger partial charge in [0.15, 0.2) is 0 Å². The molecule has 0 aromatic rings. The third-order valence-electron chi connectivity index (χ3n) is 3.06. The van der Waals surface area contributed by atoms with E-state index in [1.807, 2.05) is 0 Å². The molecule has 0 spiro atoms. The van der Waals surface area contributed by atoms with Crippen molar-refractivity contribution in [2.24, 2.45) is 5.92 Å². The van der Waals surface area contributed by atoms with Crippen LogP contribution in [0.2, 0.25) is 0 Å². The molecular formula is C9H14O3. The van der Waals surface area contributed by atoms with E-state index in [9.17, 15) is 4.79 Å². The minimum absolute atomic E-state index is 0.0763. The first kappa shape index (κ1) is 8.05. The molecule has 2 aliphatic rings. The Hall–Kier alpha value is -0.570. The van der Waals surface area contributed by atoms with Crippen molar-refractivity contribution in [3.05, 3.63) is 0 Å². The number of hydrogen-bond donors (Lipinski definition) is 0. The molecular weight excluding hydrogens is 156 g/mol. The van der Waals surface area contributed by atoms with Gasteiger partial charge in [0.1, 0.15) is 0 Å². The Morgan fingerprint density at radius 1 is 1.67 bits per heavy atom. The zero-order chi connectivity index (χ0) is 8.77. The van der Waals surface area contributed by atoms with Crippen LogP contribution in [0.3, 0.4) is 0 Å². The predicted molar refractivity (Wildman–Crippen MR) is 42.6 cm³/mol. The Morgan fingerprint density at radius 2 is 2.42 bits per heavy atom. The molecule has 3 nitrogen and oxygen atoms in total. The van der Waals surface area contributed by atoms with Crippen LogP contribution in [0.4, 0.5) is 0 Å². The first-order valence-corrected chi connectivity index (χ1v) is 4.41. The summed E-state index contributed by atoms with van der Waals surface area (Å²) in [5.74, 6) is 0.00289. The molecule has 0 bridgehead atoms. The van der Waals surface area contributed by atoms with Crippen LogP contribution in [0, 0.1) is 5.92 Å². The summed E-state index contributed by atoms with van der Waals surface area (Å²) in [4.78, 5) is 11.2. The summed E-state index contributed by atoms with van der Waals surface area (Å²) in [6.07, 6.45) is 3.08. The van der Waals surface area contributed by atoms with Crippen LogP contribution in [-0.4, -0.2) is 24.8 Å². The van der Waals surface area contributed by atoms with Gasteiger partial charge in [0.25, 0.3) is 0 Å². The van der Waals surface area contributed by atoms with E-state index in [1.54, 1.807) is 0 Å². The number of fused-ring (bicyclic) bond motifs is 1. The molecule has 0 amide bonds. The summed E-state index contributed by atoms with van der Waals surface area (Å²) >= 11 is 0. The highest BCUT2D eigenvalue weighted by Gasteiger charge is 2.56. The van der Waals surface area contributed by atoms with Crippen LogP contribution in [0.15, 0.2) is 0 Å². The smallest absolute Gasteiger partial charge is 0.308 e. The Morgan fingerprint density at radius 3 is 3.00 bits per heavy atom. The number of hydrogen-bond acceptors (Lipinski definition) is 3. The fourth-order valence-corrected chi connectivity index (χ4v) is 2.03. The third kappa shape index (κ3) is 1.12. The highest BCUT2D eigenvalue weighted by atomic mass is 16.6. The van der Waals surface area contributed by atoms with Crippen molar-refractivity contribution >= 4 is 5.97 Å². The molecule has 1 saturated heterocycles. The third-order valence-corrected chi connectivity index (χ3v) is 3.06. The molecule has 2 rings (SSSR count). The zero-order valence-electron chi connectivity index (χ0n) is 7.50. The van der Waals surface area contributed by atoms with Gasteiger partial charge in [-0.2, -0.15) is 0 Å². The van der Waals surface area contributed by atoms with Gasteiger partial charge in [-0.1, -0.05) is 0 Å². The van der Waals surface area contributed by atoms with Gasteiger partial charge in [-0.05, 0) is 26.2 Å². The molecule has 0 aromatic carbocycles. The van der Waals surface area contributed by atoms with E-state index in [1.165, 1.54) is 7.11 Å². The number of carbonyl (C=O) groups is 1. The fraction of sp³-hybridized carbons (Fsp3) is 0.889. The van der Waals surface area contributed by atoms with Crippen LogP contribution < -0.4 is 0 Å². The highest BCUT2D eigenvalue weighted by molar-refractivity contribution is 5.72. The van der Waals surface area contributed by atoms with Crippen molar-refractivity contribution in [1.29, 1.82) is 0 Å². The molecule has 1 saturated carbocycles. The summed E-state index contributed by atoms with van der Waals surface area (Å²) in [6, 6.07) is 0. The molecule has 0 N–H and O–H groups in total. The molecule has 2 unspecified atom stereocenters. The van der Waals surface area contributed by atoms with Gasteiger partial charge < -0.3 is 9.47 Å². The van der Waals surface area contributed by atoms with E-state index in [2.05, 4.69) is 6.92 Å². The summed E-state index contributed by atoms with van der Waals surface area (Å²) < 4.78 is 10.2. The SMILES string of the molecule is COC(=O)C1CCC2(C)O[C@@H]2C1. The maximum Gasteiger partial charge on any atom is 0.308 e. The topological polar surface area (TPSA) is 38.8 Å². The minimum atomic E-state index is -0.0763. The van der Waals surface area contributed by atoms with Crippen LogP contribution in [0.25, 0.3) is 0 Å². The number of carbonyl (C=O) groups excluding carboxylic acids is 1. The normalized spacial score (nSPS) is 44.8.